The number of hydrogen-bond acceptors (Lipinski definition) is 6. The molecule has 0 radical (unpaired) electrons. The van der Waals surface area contributed by atoms with E-state index in [9.17, 15) is 28.8 Å². The fourth-order valence-electron chi connectivity index (χ4n) is 2.24. The molecule has 3 aromatic rings. The van der Waals surface area contributed by atoms with Crippen LogP contribution < -0.4 is 10.1 Å². The molecular weight excluding hydrogens is 378 g/mol. The number of furan rings is 1. The Hall–Kier alpha value is -3.95. The van der Waals surface area contributed by atoms with Gasteiger partial charge in [0.2, 0.25) is 0 Å². The predicted molar refractivity (Wildman–Crippen MR) is 92.1 cm³/mol. The number of amides is 1. The second-order valence-electron chi connectivity index (χ2n) is 5.54. The number of nitrogens with zero attached hydrogens (tertiary/aromatic N) is 1. The average molecular weight is 390 g/mol. The summed E-state index contributed by atoms with van der Waals surface area (Å²) in [5.41, 5.74) is -0.376. The molecule has 1 amide bonds. The number of nitro benzene ring substituents is 1. The molecule has 0 aliphatic heterocycles. The van der Waals surface area contributed by atoms with Gasteiger partial charge in [0.15, 0.2) is 17.3 Å². The van der Waals surface area contributed by atoms with Crippen molar-refractivity contribution in [2.75, 3.05) is 5.32 Å². The highest BCUT2D eigenvalue weighted by molar-refractivity contribution is 6.03. The number of aromatic hydroxyl groups is 1. The maximum atomic E-state index is 13.5. The Morgan fingerprint density at radius 3 is 2.64 bits per heavy atom. The first-order valence-corrected chi connectivity index (χ1v) is 7.79. The number of nitro groups is 1. The third-order valence-electron chi connectivity index (χ3n) is 3.59. The number of carbonyl (C=O) groups is 1. The quantitative estimate of drug-likeness (QED) is 0.373. The lowest BCUT2D eigenvalue weighted by Crippen LogP contribution is -2.11. The second kappa shape index (κ2) is 7.74. The number of carbonyl (C=O) groups excluding carboxylic acids is 1. The minimum atomic E-state index is -0.877. The lowest BCUT2D eigenvalue weighted by Gasteiger charge is -2.06. The number of benzene rings is 2. The molecule has 1 heterocycles. The number of phenols is 1. The van der Waals surface area contributed by atoms with Crippen molar-refractivity contribution in [3.63, 3.8) is 0 Å². The van der Waals surface area contributed by atoms with Gasteiger partial charge in [-0.3, -0.25) is 14.9 Å². The minimum absolute atomic E-state index is 0.0433. The molecule has 1 aromatic heterocycles. The summed E-state index contributed by atoms with van der Waals surface area (Å²) in [6, 6.07) is 8.78. The largest absolute Gasteiger partial charge is 0.506 e. The van der Waals surface area contributed by atoms with Gasteiger partial charge in [-0.2, -0.15) is 0 Å². The molecule has 8 nitrogen and oxygen atoms in total. The predicted octanol–water partition coefficient (Wildman–Crippen LogP) is 4.00. The van der Waals surface area contributed by atoms with E-state index in [0.29, 0.717) is 6.07 Å². The van der Waals surface area contributed by atoms with E-state index in [0.717, 1.165) is 24.3 Å². The van der Waals surface area contributed by atoms with Crippen molar-refractivity contribution in [3.05, 3.63) is 81.8 Å². The molecule has 2 N–H and O–H groups in total. The Morgan fingerprint density at radius 1 is 1.18 bits per heavy atom. The molecule has 0 saturated heterocycles. The van der Waals surface area contributed by atoms with E-state index in [2.05, 4.69) is 5.32 Å². The van der Waals surface area contributed by atoms with Gasteiger partial charge in [-0.25, -0.2) is 8.78 Å². The number of rotatable bonds is 6. The molecule has 0 atom stereocenters. The van der Waals surface area contributed by atoms with E-state index in [1.54, 1.807) is 0 Å². The Balaban J connectivity index is 1.64. The molecular formula is C18H12F2N2O6. The topological polar surface area (TPSA) is 115 Å². The normalized spacial score (nSPS) is 10.5. The van der Waals surface area contributed by atoms with Crippen LogP contribution in [0.25, 0.3) is 0 Å². The van der Waals surface area contributed by atoms with Crippen molar-refractivity contribution < 1.29 is 32.8 Å². The molecule has 0 fully saturated rings. The number of ether oxygens (including phenoxy) is 1. The fraction of sp³-hybridized carbons (Fsp3) is 0.0556. The first-order chi connectivity index (χ1) is 13.3. The molecule has 2 aromatic carbocycles. The SMILES string of the molecule is O=C(Nc1ccc([N+](=O)[O-])cc1O)c1ccc(COc2ccc(F)cc2F)o1. The summed E-state index contributed by atoms with van der Waals surface area (Å²) in [5, 5.41) is 22.8. The third-order valence-corrected chi connectivity index (χ3v) is 3.59. The lowest BCUT2D eigenvalue weighted by atomic mass is 10.2. The number of phenolic OH excluding ortho intramolecular Hbond substituents is 1. The van der Waals surface area contributed by atoms with Crippen molar-refractivity contribution in [1.29, 1.82) is 0 Å². The molecule has 28 heavy (non-hydrogen) atoms. The monoisotopic (exact) mass is 390 g/mol. The van der Waals surface area contributed by atoms with Crippen LogP contribution in [0.4, 0.5) is 20.2 Å². The number of non-ortho nitro benzene ring substituents is 1. The van der Waals surface area contributed by atoms with Gasteiger partial charge in [0.1, 0.15) is 23.9 Å². The summed E-state index contributed by atoms with van der Waals surface area (Å²) < 4.78 is 36.8. The highest BCUT2D eigenvalue weighted by Gasteiger charge is 2.16. The number of nitrogens with one attached hydrogen (secondary N) is 1. The van der Waals surface area contributed by atoms with Crippen molar-refractivity contribution in [2.24, 2.45) is 0 Å². The Bertz CT molecular complexity index is 1050. The standard InChI is InChI=1S/C18H12F2N2O6/c19-10-1-5-16(13(20)7-10)27-9-12-3-6-17(28-12)18(24)21-14-4-2-11(22(25)26)8-15(14)23/h1-8,23H,9H2,(H,21,24). The number of halogens is 2. The minimum Gasteiger partial charge on any atom is -0.506 e. The Kier molecular flexibility index (Phi) is 5.21. The van der Waals surface area contributed by atoms with Crippen LogP contribution in [0.2, 0.25) is 0 Å². The molecule has 0 saturated carbocycles. The van der Waals surface area contributed by atoms with Gasteiger partial charge in [0.05, 0.1) is 16.7 Å². The molecule has 10 heteroatoms. The number of hydrogen-bond donors (Lipinski definition) is 2. The highest BCUT2D eigenvalue weighted by Crippen LogP contribution is 2.28. The molecule has 0 aliphatic rings. The zero-order chi connectivity index (χ0) is 20.3. The summed E-state index contributed by atoms with van der Waals surface area (Å²) >= 11 is 0. The van der Waals surface area contributed by atoms with E-state index in [1.165, 1.54) is 18.2 Å². The first kappa shape index (κ1) is 18.8. The van der Waals surface area contributed by atoms with Crippen LogP contribution in [0.1, 0.15) is 16.3 Å². The van der Waals surface area contributed by atoms with Crippen LogP contribution >= 0.6 is 0 Å². The van der Waals surface area contributed by atoms with Crippen LogP contribution in [0, 0.1) is 21.7 Å². The van der Waals surface area contributed by atoms with Crippen LogP contribution in [0.15, 0.2) is 52.9 Å². The zero-order valence-electron chi connectivity index (χ0n) is 14.0. The van der Waals surface area contributed by atoms with Gasteiger partial charge in [-0.05, 0) is 30.3 Å². The van der Waals surface area contributed by atoms with E-state index < -0.39 is 28.2 Å². The second-order valence-corrected chi connectivity index (χ2v) is 5.54. The molecule has 144 valence electrons. The van der Waals surface area contributed by atoms with Crippen LogP contribution in [-0.2, 0) is 6.61 Å². The summed E-state index contributed by atoms with van der Waals surface area (Å²) in [5.74, 6) is -2.93. The van der Waals surface area contributed by atoms with Gasteiger partial charge in [-0.1, -0.05) is 0 Å². The summed E-state index contributed by atoms with van der Waals surface area (Å²) in [6.07, 6.45) is 0. The van der Waals surface area contributed by atoms with Gasteiger partial charge in [-0.15, -0.1) is 0 Å². The lowest BCUT2D eigenvalue weighted by molar-refractivity contribution is -0.384. The smallest absolute Gasteiger partial charge is 0.291 e. The van der Waals surface area contributed by atoms with Crippen LogP contribution in [0.3, 0.4) is 0 Å². The molecule has 0 spiro atoms. The number of anilines is 1. The maximum absolute atomic E-state index is 13.5. The highest BCUT2D eigenvalue weighted by atomic mass is 19.1. The first-order valence-electron chi connectivity index (χ1n) is 7.79. The van der Waals surface area contributed by atoms with Gasteiger partial charge in [0.25, 0.3) is 11.6 Å². The fourth-order valence-corrected chi connectivity index (χ4v) is 2.24. The van der Waals surface area contributed by atoms with Crippen LogP contribution in [-0.4, -0.2) is 15.9 Å². The molecule has 0 bridgehead atoms. The van der Waals surface area contributed by atoms with Crippen molar-refractivity contribution >= 4 is 17.3 Å². The Morgan fingerprint density at radius 2 is 1.96 bits per heavy atom. The van der Waals surface area contributed by atoms with E-state index in [1.807, 2.05) is 0 Å². The average Bonchev–Trinajstić information content (AvgIpc) is 3.11. The zero-order valence-corrected chi connectivity index (χ0v) is 14.0. The van der Waals surface area contributed by atoms with Crippen molar-refractivity contribution in [3.8, 4) is 11.5 Å². The molecule has 3 rings (SSSR count). The summed E-state index contributed by atoms with van der Waals surface area (Å²) in [7, 11) is 0. The van der Waals surface area contributed by atoms with E-state index in [-0.39, 0.29) is 35.3 Å². The maximum Gasteiger partial charge on any atom is 0.291 e. The van der Waals surface area contributed by atoms with Gasteiger partial charge in [0, 0.05) is 12.1 Å². The van der Waals surface area contributed by atoms with Gasteiger partial charge >= 0.3 is 0 Å². The van der Waals surface area contributed by atoms with E-state index in [4.69, 9.17) is 9.15 Å². The van der Waals surface area contributed by atoms with Crippen molar-refractivity contribution in [1.82, 2.24) is 0 Å². The molecule has 0 aliphatic carbocycles. The summed E-state index contributed by atoms with van der Waals surface area (Å²) in [4.78, 5) is 22.1. The van der Waals surface area contributed by atoms with Crippen LogP contribution in [0.5, 0.6) is 11.5 Å². The Labute approximate surface area is 156 Å². The van der Waals surface area contributed by atoms with Crippen molar-refractivity contribution in [2.45, 2.75) is 6.61 Å². The van der Waals surface area contributed by atoms with Gasteiger partial charge < -0.3 is 19.6 Å². The third kappa shape index (κ3) is 4.23. The molecule has 0 unspecified atom stereocenters. The summed E-state index contributed by atoms with van der Waals surface area (Å²) in [6.45, 7) is -0.210. The van der Waals surface area contributed by atoms with E-state index >= 15 is 0 Å².